The zero-order valence-electron chi connectivity index (χ0n) is 20.8. The van der Waals surface area contributed by atoms with E-state index >= 15 is 0 Å². The van der Waals surface area contributed by atoms with Gasteiger partial charge in [0, 0.05) is 58.2 Å². The van der Waals surface area contributed by atoms with Crippen LogP contribution < -0.4 is 0 Å². The van der Waals surface area contributed by atoms with Gasteiger partial charge in [0.2, 0.25) is 0 Å². The SMILES string of the molecule is COCCN(CCOC)CC(COC(=O)/C=C/C(=O)OC(C)C)OC(=O)/C=C/C(=O)OC(C)C. The summed E-state index contributed by atoms with van der Waals surface area (Å²) in [5.74, 6) is -2.98. The largest absolute Gasteiger partial charge is 0.460 e. The van der Waals surface area contributed by atoms with Crippen molar-refractivity contribution in [3.8, 4) is 0 Å². The van der Waals surface area contributed by atoms with E-state index in [4.69, 9.17) is 28.4 Å². The fraction of sp³-hybridized carbons (Fsp3) is 0.652. The van der Waals surface area contributed by atoms with Crippen LogP contribution in [0.4, 0.5) is 0 Å². The molecule has 194 valence electrons. The van der Waals surface area contributed by atoms with Crippen molar-refractivity contribution in [3.05, 3.63) is 24.3 Å². The standard InChI is InChI=1S/C23H37NO10/c1-17(2)32-21(26)8-7-20(25)31-16-19(15-24(11-13-29-5)12-14-30-6)34-23(28)10-9-22(27)33-18(3)4/h7-10,17-19H,11-16H2,1-6H3/b8-7+,10-9+. The van der Waals surface area contributed by atoms with Crippen molar-refractivity contribution in [1.82, 2.24) is 4.90 Å². The van der Waals surface area contributed by atoms with Gasteiger partial charge in [-0.25, -0.2) is 19.2 Å². The van der Waals surface area contributed by atoms with Crippen molar-refractivity contribution in [2.45, 2.75) is 46.0 Å². The van der Waals surface area contributed by atoms with Gasteiger partial charge in [-0.1, -0.05) is 0 Å². The third-order valence-corrected chi connectivity index (χ3v) is 3.79. The number of methoxy groups -OCH3 is 2. The van der Waals surface area contributed by atoms with Crippen LogP contribution >= 0.6 is 0 Å². The van der Waals surface area contributed by atoms with Crippen LogP contribution in [0.25, 0.3) is 0 Å². The summed E-state index contributed by atoms with van der Waals surface area (Å²) in [7, 11) is 3.12. The van der Waals surface area contributed by atoms with Crippen molar-refractivity contribution < 1.29 is 47.6 Å². The van der Waals surface area contributed by atoms with E-state index in [1.54, 1.807) is 41.9 Å². The maximum Gasteiger partial charge on any atom is 0.331 e. The van der Waals surface area contributed by atoms with Crippen molar-refractivity contribution in [2.75, 3.05) is 53.7 Å². The molecular formula is C23H37NO10. The van der Waals surface area contributed by atoms with Gasteiger partial charge in [-0.3, -0.25) is 4.90 Å². The van der Waals surface area contributed by atoms with E-state index in [2.05, 4.69) is 0 Å². The highest BCUT2D eigenvalue weighted by Gasteiger charge is 2.20. The van der Waals surface area contributed by atoms with Crippen LogP contribution in [-0.2, 0) is 47.6 Å². The fourth-order valence-corrected chi connectivity index (χ4v) is 2.39. The molecule has 0 N–H and O–H groups in total. The Hall–Kier alpha value is -2.76. The molecule has 0 rings (SSSR count). The molecule has 11 heteroatoms. The first kappa shape index (κ1) is 31.2. The van der Waals surface area contributed by atoms with Gasteiger partial charge in [-0.05, 0) is 27.7 Å². The second-order valence-electron chi connectivity index (χ2n) is 7.61. The molecule has 1 atom stereocenters. The quantitative estimate of drug-likeness (QED) is 0.166. The predicted octanol–water partition coefficient (Wildman–Crippen LogP) is 1.05. The number of ether oxygens (including phenoxy) is 6. The molecule has 0 radical (unpaired) electrons. The molecule has 34 heavy (non-hydrogen) atoms. The Morgan fingerprint density at radius 1 is 0.676 bits per heavy atom. The minimum Gasteiger partial charge on any atom is -0.460 e. The smallest absolute Gasteiger partial charge is 0.331 e. The molecule has 0 aromatic heterocycles. The summed E-state index contributed by atoms with van der Waals surface area (Å²) >= 11 is 0. The predicted molar refractivity (Wildman–Crippen MR) is 122 cm³/mol. The van der Waals surface area contributed by atoms with Gasteiger partial charge in [0.15, 0.2) is 0 Å². The van der Waals surface area contributed by atoms with Crippen LogP contribution in [0.2, 0.25) is 0 Å². The van der Waals surface area contributed by atoms with E-state index in [1.807, 2.05) is 4.90 Å². The maximum absolute atomic E-state index is 12.2. The molecule has 0 aliphatic heterocycles. The van der Waals surface area contributed by atoms with Crippen molar-refractivity contribution in [1.29, 1.82) is 0 Å². The van der Waals surface area contributed by atoms with E-state index in [0.29, 0.717) is 26.3 Å². The Kier molecular flexibility index (Phi) is 17.1. The van der Waals surface area contributed by atoms with Crippen LogP contribution in [0.3, 0.4) is 0 Å². The monoisotopic (exact) mass is 487 g/mol. The zero-order chi connectivity index (χ0) is 25.9. The number of carbonyl (C=O) groups excluding carboxylic acids is 4. The summed E-state index contributed by atoms with van der Waals surface area (Å²) < 4.78 is 30.5. The van der Waals surface area contributed by atoms with Gasteiger partial charge in [0.05, 0.1) is 25.4 Å². The Balaban J connectivity index is 5.15. The average molecular weight is 488 g/mol. The summed E-state index contributed by atoms with van der Waals surface area (Å²) in [6, 6.07) is 0. The molecule has 0 aromatic rings. The number of hydrogen-bond donors (Lipinski definition) is 0. The van der Waals surface area contributed by atoms with Gasteiger partial charge >= 0.3 is 23.9 Å². The average Bonchev–Trinajstić information content (AvgIpc) is 2.75. The minimum atomic E-state index is -0.869. The number of hydrogen-bond acceptors (Lipinski definition) is 11. The number of nitrogens with zero attached hydrogens (tertiary/aromatic N) is 1. The van der Waals surface area contributed by atoms with Crippen LogP contribution in [-0.4, -0.2) is 101 Å². The Bertz CT molecular complexity index is 679. The molecule has 0 bridgehead atoms. The van der Waals surface area contributed by atoms with Gasteiger partial charge in [-0.2, -0.15) is 0 Å². The molecule has 0 saturated heterocycles. The number of esters is 4. The molecule has 0 aliphatic rings. The lowest BCUT2D eigenvalue weighted by atomic mass is 10.3. The van der Waals surface area contributed by atoms with E-state index in [-0.39, 0.29) is 25.4 Å². The molecule has 11 nitrogen and oxygen atoms in total. The first-order valence-corrected chi connectivity index (χ1v) is 10.9. The first-order valence-electron chi connectivity index (χ1n) is 10.9. The molecule has 0 aromatic carbocycles. The van der Waals surface area contributed by atoms with Gasteiger partial charge in [0.1, 0.15) is 12.7 Å². The van der Waals surface area contributed by atoms with Crippen molar-refractivity contribution in [2.24, 2.45) is 0 Å². The van der Waals surface area contributed by atoms with Gasteiger partial charge in [-0.15, -0.1) is 0 Å². The molecule has 0 saturated carbocycles. The highest BCUT2D eigenvalue weighted by Crippen LogP contribution is 2.03. The van der Waals surface area contributed by atoms with Crippen LogP contribution in [0.15, 0.2) is 24.3 Å². The summed E-state index contributed by atoms with van der Waals surface area (Å²) in [5, 5.41) is 0. The lowest BCUT2D eigenvalue weighted by Gasteiger charge is -2.26. The van der Waals surface area contributed by atoms with Crippen LogP contribution in [0.5, 0.6) is 0 Å². The molecule has 0 spiro atoms. The van der Waals surface area contributed by atoms with Crippen molar-refractivity contribution >= 4 is 23.9 Å². The van der Waals surface area contributed by atoms with E-state index in [9.17, 15) is 19.2 Å². The molecular weight excluding hydrogens is 450 g/mol. The van der Waals surface area contributed by atoms with E-state index in [1.165, 1.54) is 0 Å². The second kappa shape index (κ2) is 18.6. The minimum absolute atomic E-state index is 0.203. The highest BCUT2D eigenvalue weighted by molar-refractivity contribution is 5.92. The summed E-state index contributed by atoms with van der Waals surface area (Å²) in [4.78, 5) is 49.2. The fourth-order valence-electron chi connectivity index (χ4n) is 2.39. The van der Waals surface area contributed by atoms with Crippen molar-refractivity contribution in [3.63, 3.8) is 0 Å². The molecule has 0 heterocycles. The molecule has 0 amide bonds. The summed E-state index contributed by atoms with van der Waals surface area (Å²) in [6.45, 7) is 8.51. The van der Waals surface area contributed by atoms with Crippen LogP contribution in [0.1, 0.15) is 27.7 Å². The lowest BCUT2D eigenvalue weighted by molar-refractivity contribution is -0.154. The van der Waals surface area contributed by atoms with Crippen LogP contribution in [0, 0.1) is 0 Å². The number of rotatable bonds is 17. The lowest BCUT2D eigenvalue weighted by Crippen LogP contribution is -2.41. The molecule has 1 unspecified atom stereocenters. The normalized spacial score (nSPS) is 12.5. The Morgan fingerprint density at radius 2 is 1.09 bits per heavy atom. The highest BCUT2D eigenvalue weighted by atomic mass is 16.6. The summed E-state index contributed by atoms with van der Waals surface area (Å²) in [6.07, 6.45) is 2.26. The zero-order valence-corrected chi connectivity index (χ0v) is 20.8. The van der Waals surface area contributed by atoms with E-state index < -0.39 is 30.0 Å². The van der Waals surface area contributed by atoms with Gasteiger partial charge < -0.3 is 28.4 Å². The molecule has 0 fully saturated rings. The third-order valence-electron chi connectivity index (χ3n) is 3.79. The third kappa shape index (κ3) is 17.8. The molecule has 0 aliphatic carbocycles. The topological polar surface area (TPSA) is 127 Å². The Labute approximate surface area is 200 Å². The number of carbonyl (C=O) groups is 4. The van der Waals surface area contributed by atoms with Gasteiger partial charge in [0.25, 0.3) is 0 Å². The maximum atomic E-state index is 12.2. The second-order valence-corrected chi connectivity index (χ2v) is 7.61. The Morgan fingerprint density at radius 3 is 1.50 bits per heavy atom. The first-order chi connectivity index (χ1) is 16.1. The van der Waals surface area contributed by atoms with E-state index in [0.717, 1.165) is 24.3 Å². The summed E-state index contributed by atoms with van der Waals surface area (Å²) in [5.41, 5.74) is 0.